The van der Waals surface area contributed by atoms with E-state index in [9.17, 15) is 4.79 Å². The third-order valence-corrected chi connectivity index (χ3v) is 4.48. The summed E-state index contributed by atoms with van der Waals surface area (Å²) in [5, 5.41) is 10.5. The molecule has 1 amide bonds. The predicted octanol–water partition coefficient (Wildman–Crippen LogP) is 4.72. The van der Waals surface area contributed by atoms with E-state index in [0.29, 0.717) is 13.0 Å². The van der Waals surface area contributed by atoms with E-state index in [-0.39, 0.29) is 5.91 Å². The van der Waals surface area contributed by atoms with E-state index >= 15 is 0 Å². The van der Waals surface area contributed by atoms with Gasteiger partial charge in [0.15, 0.2) is 0 Å². The minimum atomic E-state index is -0.0681. The Morgan fingerprint density at radius 2 is 1.66 bits per heavy atom. The van der Waals surface area contributed by atoms with Crippen LogP contribution in [0.5, 0.6) is 0 Å². The molecule has 0 bridgehead atoms. The number of aryl methyl sites for hydroxylation is 1. The molecular formula is C23H21N5O. The van der Waals surface area contributed by atoms with Gasteiger partial charge in [0.2, 0.25) is 5.91 Å². The van der Waals surface area contributed by atoms with Crippen molar-refractivity contribution < 1.29 is 4.79 Å². The van der Waals surface area contributed by atoms with E-state index in [4.69, 9.17) is 0 Å². The van der Waals surface area contributed by atoms with Crippen LogP contribution in [-0.2, 0) is 11.3 Å². The number of amides is 1. The van der Waals surface area contributed by atoms with Gasteiger partial charge in [-0.2, -0.15) is 5.10 Å². The average Bonchev–Trinajstić information content (AvgIpc) is 3.28. The first-order chi connectivity index (χ1) is 14.3. The molecule has 2 N–H and O–H groups in total. The van der Waals surface area contributed by atoms with Crippen molar-refractivity contribution in [3.05, 3.63) is 91.5 Å². The van der Waals surface area contributed by atoms with Crippen LogP contribution in [0.3, 0.4) is 0 Å². The second-order valence-corrected chi connectivity index (χ2v) is 6.57. The molecule has 0 aliphatic rings. The lowest BCUT2D eigenvalue weighted by Gasteiger charge is -2.15. The fraction of sp³-hybridized carbons (Fsp3) is 0.0870. The van der Waals surface area contributed by atoms with Gasteiger partial charge in [-0.1, -0.05) is 48.5 Å². The number of nitrogens with zero attached hydrogens (tertiary/aromatic N) is 3. The molecule has 0 radical (unpaired) electrons. The number of nitrogens with one attached hydrogen (secondary N) is 2. The summed E-state index contributed by atoms with van der Waals surface area (Å²) >= 11 is 0. The van der Waals surface area contributed by atoms with Crippen LogP contribution in [0, 0.1) is 0 Å². The molecule has 0 atom stereocenters. The third kappa shape index (κ3) is 4.87. The Balaban J connectivity index is 1.56. The fourth-order valence-corrected chi connectivity index (χ4v) is 3.05. The number of aromatic nitrogens is 3. The largest absolute Gasteiger partial charge is 0.356 e. The molecule has 144 valence electrons. The van der Waals surface area contributed by atoms with Crippen molar-refractivity contribution in [1.29, 1.82) is 0 Å². The van der Waals surface area contributed by atoms with Gasteiger partial charge in [-0.25, -0.2) is 4.98 Å². The van der Waals surface area contributed by atoms with Crippen LogP contribution in [0.1, 0.15) is 6.42 Å². The topological polar surface area (TPSA) is 71.8 Å². The molecule has 0 unspecified atom stereocenters. The van der Waals surface area contributed by atoms with Crippen molar-refractivity contribution in [1.82, 2.24) is 14.8 Å². The summed E-state index contributed by atoms with van der Waals surface area (Å²) < 4.78 is 1.64. The molecule has 0 aliphatic carbocycles. The summed E-state index contributed by atoms with van der Waals surface area (Å²) in [6.07, 6.45) is 3.39. The number of rotatable bonds is 7. The number of carbonyl (C=O) groups is 1. The molecule has 0 saturated heterocycles. The molecule has 1 heterocycles. The molecule has 3 aromatic carbocycles. The number of para-hydroxylation sites is 1. The minimum Gasteiger partial charge on any atom is -0.356 e. The first-order valence-electron chi connectivity index (χ1n) is 9.42. The Bertz CT molecular complexity index is 1060. The first kappa shape index (κ1) is 18.4. The lowest BCUT2D eigenvalue weighted by atomic mass is 10.0. The van der Waals surface area contributed by atoms with Crippen LogP contribution in [0.25, 0.3) is 11.1 Å². The van der Waals surface area contributed by atoms with Gasteiger partial charge >= 0.3 is 0 Å². The van der Waals surface area contributed by atoms with Gasteiger partial charge in [-0.05, 0) is 35.9 Å². The third-order valence-electron chi connectivity index (χ3n) is 4.48. The van der Waals surface area contributed by atoms with E-state index in [2.05, 4.69) is 26.8 Å². The highest BCUT2D eigenvalue weighted by Gasteiger charge is 2.10. The van der Waals surface area contributed by atoms with E-state index in [0.717, 1.165) is 28.2 Å². The van der Waals surface area contributed by atoms with E-state index < -0.39 is 0 Å². The van der Waals surface area contributed by atoms with Gasteiger partial charge in [0.1, 0.15) is 12.7 Å². The quantitative estimate of drug-likeness (QED) is 0.484. The standard InChI is InChI=1S/C23H21N5O/c29-23(13-14-28-17-24-16-25-28)27-22-12-11-20(26-19-9-5-2-6-10-19)15-21(22)18-7-3-1-4-8-18/h1-12,15-17,26H,13-14H2,(H,27,29). The summed E-state index contributed by atoms with van der Waals surface area (Å²) in [7, 11) is 0. The summed E-state index contributed by atoms with van der Waals surface area (Å²) in [6, 6.07) is 26.0. The molecule has 0 aliphatic heterocycles. The van der Waals surface area contributed by atoms with Crippen molar-refractivity contribution in [2.24, 2.45) is 0 Å². The molecule has 0 fully saturated rings. The second-order valence-electron chi connectivity index (χ2n) is 6.57. The van der Waals surface area contributed by atoms with Crippen LogP contribution in [-0.4, -0.2) is 20.7 Å². The zero-order valence-corrected chi connectivity index (χ0v) is 15.8. The highest BCUT2D eigenvalue weighted by Crippen LogP contribution is 2.32. The Labute approximate surface area is 169 Å². The fourth-order valence-electron chi connectivity index (χ4n) is 3.05. The Kier molecular flexibility index (Phi) is 5.62. The van der Waals surface area contributed by atoms with Crippen LogP contribution in [0.15, 0.2) is 91.5 Å². The van der Waals surface area contributed by atoms with E-state index in [1.807, 2.05) is 72.8 Å². The van der Waals surface area contributed by atoms with Crippen LogP contribution in [0.2, 0.25) is 0 Å². The molecular weight excluding hydrogens is 362 g/mol. The van der Waals surface area contributed by atoms with Crippen molar-refractivity contribution in [3.63, 3.8) is 0 Å². The normalized spacial score (nSPS) is 10.5. The monoisotopic (exact) mass is 383 g/mol. The van der Waals surface area contributed by atoms with Crippen molar-refractivity contribution >= 4 is 23.0 Å². The maximum Gasteiger partial charge on any atom is 0.226 e. The molecule has 0 saturated carbocycles. The highest BCUT2D eigenvalue weighted by molar-refractivity contribution is 5.96. The van der Waals surface area contributed by atoms with Gasteiger partial charge < -0.3 is 10.6 Å². The van der Waals surface area contributed by atoms with Crippen LogP contribution >= 0.6 is 0 Å². The number of hydrogen-bond donors (Lipinski definition) is 2. The minimum absolute atomic E-state index is 0.0681. The lowest BCUT2D eigenvalue weighted by molar-refractivity contribution is -0.116. The Hall–Kier alpha value is -3.93. The van der Waals surface area contributed by atoms with Crippen LogP contribution < -0.4 is 10.6 Å². The smallest absolute Gasteiger partial charge is 0.226 e. The molecule has 6 nitrogen and oxygen atoms in total. The van der Waals surface area contributed by atoms with E-state index in [1.165, 1.54) is 6.33 Å². The number of hydrogen-bond acceptors (Lipinski definition) is 4. The molecule has 0 spiro atoms. The zero-order chi connectivity index (χ0) is 19.9. The predicted molar refractivity (Wildman–Crippen MR) is 115 cm³/mol. The zero-order valence-electron chi connectivity index (χ0n) is 15.8. The summed E-state index contributed by atoms with van der Waals surface area (Å²) in [5.41, 5.74) is 4.74. The molecule has 4 rings (SSSR count). The van der Waals surface area contributed by atoms with Gasteiger partial charge in [0, 0.05) is 29.0 Å². The van der Waals surface area contributed by atoms with Crippen LogP contribution in [0.4, 0.5) is 17.1 Å². The Morgan fingerprint density at radius 1 is 0.897 bits per heavy atom. The SMILES string of the molecule is O=C(CCn1cncn1)Nc1ccc(Nc2ccccc2)cc1-c1ccccc1. The van der Waals surface area contributed by atoms with Gasteiger partial charge in [-0.3, -0.25) is 9.48 Å². The maximum atomic E-state index is 12.5. The molecule has 29 heavy (non-hydrogen) atoms. The lowest BCUT2D eigenvalue weighted by Crippen LogP contribution is -2.15. The second kappa shape index (κ2) is 8.84. The van der Waals surface area contributed by atoms with Gasteiger partial charge in [-0.15, -0.1) is 0 Å². The number of carbonyl (C=O) groups excluding carboxylic acids is 1. The van der Waals surface area contributed by atoms with E-state index in [1.54, 1.807) is 11.0 Å². The highest BCUT2D eigenvalue weighted by atomic mass is 16.1. The summed E-state index contributed by atoms with van der Waals surface area (Å²) in [4.78, 5) is 16.4. The molecule has 1 aromatic heterocycles. The number of benzene rings is 3. The summed E-state index contributed by atoms with van der Waals surface area (Å²) in [5.74, 6) is -0.0681. The molecule has 4 aromatic rings. The van der Waals surface area contributed by atoms with Gasteiger partial charge in [0.05, 0.1) is 6.54 Å². The average molecular weight is 383 g/mol. The molecule has 6 heteroatoms. The Morgan fingerprint density at radius 3 is 2.38 bits per heavy atom. The van der Waals surface area contributed by atoms with Crippen molar-refractivity contribution in [3.8, 4) is 11.1 Å². The maximum absolute atomic E-state index is 12.5. The van der Waals surface area contributed by atoms with Crippen molar-refractivity contribution in [2.75, 3.05) is 10.6 Å². The van der Waals surface area contributed by atoms with Gasteiger partial charge in [0.25, 0.3) is 0 Å². The van der Waals surface area contributed by atoms with Crippen molar-refractivity contribution in [2.45, 2.75) is 13.0 Å². The number of anilines is 3. The first-order valence-corrected chi connectivity index (χ1v) is 9.42. The summed E-state index contributed by atoms with van der Waals surface area (Å²) in [6.45, 7) is 0.486.